The predicted octanol–water partition coefficient (Wildman–Crippen LogP) is 3.59. The van der Waals surface area contributed by atoms with Gasteiger partial charge in [-0.25, -0.2) is 0 Å². The number of benzene rings is 1. The van der Waals surface area contributed by atoms with Crippen molar-refractivity contribution < 1.29 is 4.79 Å². The Kier molecular flexibility index (Phi) is 2.15. The van der Waals surface area contributed by atoms with E-state index in [1.807, 2.05) is 12.1 Å². The third-order valence-electron chi connectivity index (χ3n) is 2.99. The zero-order chi connectivity index (χ0) is 10.3. The standard InChI is InChI=1S/C12H13ClO/c1-12(2)6-5-11(14)9-7-8(13)3-4-10(9)12/h3-4,7H,5-6H2,1-2H3. The number of carbonyl (C=O) groups excluding carboxylic acids is 1. The van der Waals surface area contributed by atoms with Crippen LogP contribution in [0.5, 0.6) is 0 Å². The highest BCUT2D eigenvalue weighted by atomic mass is 35.5. The highest BCUT2D eigenvalue weighted by Gasteiger charge is 2.31. The molecule has 2 heteroatoms. The number of rotatable bonds is 0. The maximum atomic E-state index is 11.7. The smallest absolute Gasteiger partial charge is 0.163 e. The van der Waals surface area contributed by atoms with E-state index in [0.717, 1.165) is 17.5 Å². The summed E-state index contributed by atoms with van der Waals surface area (Å²) in [5, 5.41) is 0.648. The van der Waals surface area contributed by atoms with Crippen molar-refractivity contribution in [1.29, 1.82) is 0 Å². The summed E-state index contributed by atoms with van der Waals surface area (Å²) < 4.78 is 0. The normalized spacial score (nSPS) is 19.2. The van der Waals surface area contributed by atoms with E-state index in [1.54, 1.807) is 6.07 Å². The molecule has 0 spiro atoms. The Balaban J connectivity index is 2.63. The molecule has 0 aliphatic heterocycles. The molecule has 0 fully saturated rings. The molecule has 74 valence electrons. The molecule has 0 saturated carbocycles. The lowest BCUT2D eigenvalue weighted by Gasteiger charge is -2.31. The molecule has 1 aromatic carbocycles. The molecule has 0 saturated heterocycles. The summed E-state index contributed by atoms with van der Waals surface area (Å²) in [5.74, 6) is 0.224. The van der Waals surface area contributed by atoms with Crippen LogP contribution in [0, 0.1) is 0 Å². The van der Waals surface area contributed by atoms with E-state index in [2.05, 4.69) is 13.8 Å². The fourth-order valence-electron chi connectivity index (χ4n) is 2.03. The van der Waals surface area contributed by atoms with Gasteiger partial charge in [-0.15, -0.1) is 0 Å². The number of fused-ring (bicyclic) bond motifs is 1. The van der Waals surface area contributed by atoms with Crippen LogP contribution in [-0.4, -0.2) is 5.78 Å². The molecule has 0 atom stereocenters. The van der Waals surface area contributed by atoms with E-state index in [0.29, 0.717) is 11.4 Å². The van der Waals surface area contributed by atoms with Gasteiger partial charge < -0.3 is 0 Å². The minimum absolute atomic E-state index is 0.105. The van der Waals surface area contributed by atoms with Gasteiger partial charge >= 0.3 is 0 Å². The lowest BCUT2D eigenvalue weighted by molar-refractivity contribution is 0.0957. The van der Waals surface area contributed by atoms with Crippen molar-refractivity contribution in [3.63, 3.8) is 0 Å². The van der Waals surface area contributed by atoms with Crippen molar-refractivity contribution >= 4 is 17.4 Å². The van der Waals surface area contributed by atoms with Crippen molar-refractivity contribution in [2.45, 2.75) is 32.1 Å². The number of Topliss-reactive ketones (excluding diaryl/α,β-unsaturated/α-hetero) is 1. The van der Waals surface area contributed by atoms with Gasteiger partial charge in [0.25, 0.3) is 0 Å². The first-order valence-corrected chi connectivity index (χ1v) is 5.22. The van der Waals surface area contributed by atoms with E-state index in [4.69, 9.17) is 11.6 Å². The van der Waals surface area contributed by atoms with Crippen molar-refractivity contribution in [2.75, 3.05) is 0 Å². The monoisotopic (exact) mass is 208 g/mol. The minimum atomic E-state index is 0.105. The van der Waals surface area contributed by atoms with Crippen LogP contribution in [-0.2, 0) is 5.41 Å². The summed E-state index contributed by atoms with van der Waals surface area (Å²) in [6, 6.07) is 5.63. The largest absolute Gasteiger partial charge is 0.294 e. The fourth-order valence-corrected chi connectivity index (χ4v) is 2.20. The molecule has 1 aliphatic carbocycles. The Bertz CT molecular complexity index is 393. The van der Waals surface area contributed by atoms with Crippen LogP contribution >= 0.6 is 11.6 Å². The van der Waals surface area contributed by atoms with Crippen LogP contribution in [0.15, 0.2) is 18.2 Å². The van der Waals surface area contributed by atoms with E-state index >= 15 is 0 Å². The van der Waals surface area contributed by atoms with Crippen LogP contribution in [0.1, 0.15) is 42.6 Å². The van der Waals surface area contributed by atoms with Gasteiger partial charge in [0.2, 0.25) is 0 Å². The summed E-state index contributed by atoms with van der Waals surface area (Å²) in [6.07, 6.45) is 1.57. The summed E-state index contributed by atoms with van der Waals surface area (Å²) >= 11 is 5.88. The lowest BCUT2D eigenvalue weighted by Crippen LogP contribution is -2.27. The van der Waals surface area contributed by atoms with Gasteiger partial charge in [0.15, 0.2) is 5.78 Å². The number of hydrogen-bond acceptors (Lipinski definition) is 1. The molecule has 1 nitrogen and oxygen atoms in total. The Hall–Kier alpha value is -0.820. The van der Waals surface area contributed by atoms with E-state index in [9.17, 15) is 4.79 Å². The van der Waals surface area contributed by atoms with E-state index < -0.39 is 0 Å². The maximum absolute atomic E-state index is 11.7. The molecule has 14 heavy (non-hydrogen) atoms. The quantitative estimate of drug-likeness (QED) is 0.637. The predicted molar refractivity (Wildman–Crippen MR) is 58.0 cm³/mol. The van der Waals surface area contributed by atoms with Crippen molar-refractivity contribution in [3.05, 3.63) is 34.3 Å². The number of hydrogen-bond donors (Lipinski definition) is 0. The Morgan fingerprint density at radius 3 is 2.79 bits per heavy atom. The molecule has 0 unspecified atom stereocenters. The Morgan fingerprint density at radius 1 is 1.36 bits per heavy atom. The van der Waals surface area contributed by atoms with Crippen LogP contribution in [0.25, 0.3) is 0 Å². The minimum Gasteiger partial charge on any atom is -0.294 e. The van der Waals surface area contributed by atoms with Crippen LogP contribution in [0.3, 0.4) is 0 Å². The first kappa shape index (κ1) is 9.72. The van der Waals surface area contributed by atoms with Gasteiger partial charge in [0.1, 0.15) is 0 Å². The van der Waals surface area contributed by atoms with Gasteiger partial charge in [0.05, 0.1) is 0 Å². The zero-order valence-corrected chi connectivity index (χ0v) is 9.19. The topological polar surface area (TPSA) is 17.1 Å². The molecule has 2 rings (SSSR count). The number of ketones is 1. The highest BCUT2D eigenvalue weighted by molar-refractivity contribution is 6.31. The first-order chi connectivity index (χ1) is 6.50. The Morgan fingerprint density at radius 2 is 2.07 bits per heavy atom. The van der Waals surface area contributed by atoms with E-state index in [-0.39, 0.29) is 11.2 Å². The molecule has 1 aliphatic rings. The van der Waals surface area contributed by atoms with Gasteiger partial charge in [-0.2, -0.15) is 0 Å². The summed E-state index contributed by atoms with van der Waals surface area (Å²) in [4.78, 5) is 11.7. The van der Waals surface area contributed by atoms with E-state index in [1.165, 1.54) is 0 Å². The highest BCUT2D eigenvalue weighted by Crippen LogP contribution is 2.37. The van der Waals surface area contributed by atoms with Crippen molar-refractivity contribution in [3.8, 4) is 0 Å². The third-order valence-corrected chi connectivity index (χ3v) is 3.22. The maximum Gasteiger partial charge on any atom is 0.163 e. The Labute approximate surface area is 89.1 Å². The summed E-state index contributed by atoms with van der Waals surface area (Å²) in [7, 11) is 0. The van der Waals surface area contributed by atoms with Gasteiger partial charge in [-0.05, 0) is 29.5 Å². The average Bonchev–Trinajstić information content (AvgIpc) is 2.12. The molecular weight excluding hydrogens is 196 g/mol. The molecule has 0 heterocycles. The summed E-state index contributed by atoms with van der Waals surface area (Å²) in [6.45, 7) is 4.35. The summed E-state index contributed by atoms with van der Waals surface area (Å²) in [5.41, 5.74) is 2.06. The van der Waals surface area contributed by atoms with Gasteiger partial charge in [-0.3, -0.25) is 4.79 Å². The van der Waals surface area contributed by atoms with Crippen LogP contribution in [0.2, 0.25) is 5.02 Å². The molecule has 0 N–H and O–H groups in total. The van der Waals surface area contributed by atoms with Gasteiger partial charge in [-0.1, -0.05) is 31.5 Å². The average molecular weight is 209 g/mol. The third kappa shape index (κ3) is 1.46. The second-order valence-electron chi connectivity index (χ2n) is 4.50. The molecule has 0 aromatic heterocycles. The molecular formula is C12H13ClO. The molecule has 0 bridgehead atoms. The van der Waals surface area contributed by atoms with Crippen molar-refractivity contribution in [1.82, 2.24) is 0 Å². The first-order valence-electron chi connectivity index (χ1n) is 4.84. The van der Waals surface area contributed by atoms with Crippen LogP contribution < -0.4 is 0 Å². The molecule has 1 aromatic rings. The fraction of sp³-hybridized carbons (Fsp3) is 0.417. The van der Waals surface area contributed by atoms with Gasteiger partial charge in [0, 0.05) is 17.0 Å². The second-order valence-corrected chi connectivity index (χ2v) is 4.93. The van der Waals surface area contributed by atoms with Crippen LogP contribution in [0.4, 0.5) is 0 Å². The second kappa shape index (κ2) is 3.09. The molecule has 0 radical (unpaired) electrons. The number of halogens is 1. The SMILES string of the molecule is CC1(C)CCC(=O)c2cc(Cl)ccc21. The lowest BCUT2D eigenvalue weighted by atomic mass is 9.72. The number of carbonyl (C=O) groups is 1. The van der Waals surface area contributed by atoms with Crippen molar-refractivity contribution in [2.24, 2.45) is 0 Å². The zero-order valence-electron chi connectivity index (χ0n) is 8.43. The molecule has 0 amide bonds.